The molecule has 0 bridgehead atoms. The van der Waals surface area contributed by atoms with Crippen LogP contribution in [0.2, 0.25) is 10.0 Å². The third kappa shape index (κ3) is 4.35. The minimum absolute atomic E-state index is 0.632. The Bertz CT molecular complexity index is 409. The quantitative estimate of drug-likeness (QED) is 0.800. The molecule has 1 aromatic carbocycles. The van der Waals surface area contributed by atoms with Crippen molar-refractivity contribution in [2.75, 3.05) is 19.6 Å². The van der Waals surface area contributed by atoms with E-state index in [0.717, 1.165) is 19.6 Å². The summed E-state index contributed by atoms with van der Waals surface area (Å²) in [5.74, 6) is 0. The SMILES string of the molecule is CCCNCC1CCCN1Cc1ccc(Cl)c(Cl)c1. The van der Waals surface area contributed by atoms with Gasteiger partial charge in [0.2, 0.25) is 0 Å². The van der Waals surface area contributed by atoms with Gasteiger partial charge in [0.15, 0.2) is 0 Å². The van der Waals surface area contributed by atoms with E-state index in [9.17, 15) is 0 Å². The van der Waals surface area contributed by atoms with Gasteiger partial charge in [0, 0.05) is 19.1 Å². The Morgan fingerprint density at radius 3 is 2.89 bits per heavy atom. The molecule has 19 heavy (non-hydrogen) atoms. The van der Waals surface area contributed by atoms with Gasteiger partial charge in [-0.05, 0) is 50.0 Å². The summed E-state index contributed by atoms with van der Waals surface area (Å²) >= 11 is 12.0. The number of likely N-dealkylation sites (tertiary alicyclic amines) is 1. The van der Waals surface area contributed by atoms with Crippen LogP contribution < -0.4 is 5.32 Å². The van der Waals surface area contributed by atoms with Crippen LogP contribution in [0.5, 0.6) is 0 Å². The van der Waals surface area contributed by atoms with Crippen molar-refractivity contribution in [3.8, 4) is 0 Å². The molecule has 1 unspecified atom stereocenters. The molecule has 1 aliphatic rings. The van der Waals surface area contributed by atoms with Crippen LogP contribution in [0.15, 0.2) is 18.2 Å². The zero-order valence-corrected chi connectivity index (χ0v) is 13.0. The molecule has 4 heteroatoms. The predicted octanol–water partition coefficient (Wildman–Crippen LogP) is 3.96. The first kappa shape index (κ1) is 15.1. The number of hydrogen-bond acceptors (Lipinski definition) is 2. The highest BCUT2D eigenvalue weighted by Crippen LogP contribution is 2.25. The summed E-state index contributed by atoms with van der Waals surface area (Å²) < 4.78 is 0. The molecular formula is C15H22Cl2N2. The number of halogens is 2. The maximum Gasteiger partial charge on any atom is 0.0595 e. The van der Waals surface area contributed by atoms with Crippen LogP contribution in [0.1, 0.15) is 31.7 Å². The monoisotopic (exact) mass is 300 g/mol. The van der Waals surface area contributed by atoms with Gasteiger partial charge in [0.05, 0.1) is 10.0 Å². The lowest BCUT2D eigenvalue weighted by Crippen LogP contribution is -2.37. The summed E-state index contributed by atoms with van der Waals surface area (Å²) in [6.07, 6.45) is 3.78. The number of nitrogens with one attached hydrogen (secondary N) is 1. The van der Waals surface area contributed by atoms with E-state index in [1.54, 1.807) is 0 Å². The summed E-state index contributed by atoms with van der Waals surface area (Å²) in [6.45, 7) is 6.55. The second kappa shape index (κ2) is 7.49. The molecule has 1 aliphatic heterocycles. The third-order valence-electron chi connectivity index (χ3n) is 3.68. The number of hydrogen-bond donors (Lipinski definition) is 1. The van der Waals surface area contributed by atoms with E-state index in [1.807, 2.05) is 12.1 Å². The van der Waals surface area contributed by atoms with Crippen LogP contribution in [0, 0.1) is 0 Å². The van der Waals surface area contributed by atoms with Crippen LogP contribution >= 0.6 is 23.2 Å². The summed E-state index contributed by atoms with van der Waals surface area (Å²) in [7, 11) is 0. The summed E-state index contributed by atoms with van der Waals surface area (Å²) in [5.41, 5.74) is 1.25. The second-order valence-corrected chi connectivity index (χ2v) is 6.03. The van der Waals surface area contributed by atoms with Gasteiger partial charge in [0.1, 0.15) is 0 Å². The van der Waals surface area contributed by atoms with E-state index in [1.165, 1.54) is 31.4 Å². The average molecular weight is 301 g/mol. The third-order valence-corrected chi connectivity index (χ3v) is 4.41. The Morgan fingerprint density at radius 2 is 2.16 bits per heavy atom. The summed E-state index contributed by atoms with van der Waals surface area (Å²) in [6, 6.07) is 6.60. The molecule has 1 fully saturated rings. The molecule has 1 N–H and O–H groups in total. The van der Waals surface area contributed by atoms with E-state index in [4.69, 9.17) is 23.2 Å². The zero-order valence-electron chi connectivity index (χ0n) is 11.5. The fourth-order valence-electron chi connectivity index (χ4n) is 2.65. The smallest absolute Gasteiger partial charge is 0.0595 e. The lowest BCUT2D eigenvalue weighted by atomic mass is 10.2. The maximum atomic E-state index is 6.08. The first-order chi connectivity index (χ1) is 9.20. The maximum absolute atomic E-state index is 6.08. The van der Waals surface area contributed by atoms with Gasteiger partial charge < -0.3 is 5.32 Å². The van der Waals surface area contributed by atoms with Crippen molar-refractivity contribution in [3.63, 3.8) is 0 Å². The largest absolute Gasteiger partial charge is 0.315 e. The van der Waals surface area contributed by atoms with Crippen molar-refractivity contribution in [1.29, 1.82) is 0 Å². The van der Waals surface area contributed by atoms with Crippen molar-refractivity contribution < 1.29 is 0 Å². The molecule has 1 atom stereocenters. The summed E-state index contributed by atoms with van der Waals surface area (Å²) in [4.78, 5) is 2.54. The number of rotatable bonds is 6. The Balaban J connectivity index is 1.91. The van der Waals surface area contributed by atoms with E-state index in [-0.39, 0.29) is 0 Å². The number of benzene rings is 1. The standard InChI is InChI=1S/C15H22Cl2N2/c1-2-7-18-10-13-4-3-8-19(13)11-12-5-6-14(16)15(17)9-12/h5-6,9,13,18H,2-4,7-8,10-11H2,1H3. The second-order valence-electron chi connectivity index (χ2n) is 5.22. The lowest BCUT2D eigenvalue weighted by Gasteiger charge is -2.25. The van der Waals surface area contributed by atoms with Gasteiger partial charge in [-0.15, -0.1) is 0 Å². The molecule has 1 aromatic rings. The Hall–Kier alpha value is -0.280. The first-order valence-corrected chi connectivity index (χ1v) is 7.85. The fraction of sp³-hybridized carbons (Fsp3) is 0.600. The normalized spacial score (nSPS) is 20.1. The van der Waals surface area contributed by atoms with Gasteiger partial charge in [-0.3, -0.25) is 4.90 Å². The fourth-order valence-corrected chi connectivity index (χ4v) is 2.97. The van der Waals surface area contributed by atoms with Crippen LogP contribution in [0.3, 0.4) is 0 Å². The predicted molar refractivity (Wildman–Crippen MR) is 83.1 cm³/mol. The highest BCUT2D eigenvalue weighted by molar-refractivity contribution is 6.42. The molecule has 0 radical (unpaired) electrons. The van der Waals surface area contributed by atoms with Crippen LogP contribution in [-0.2, 0) is 6.54 Å². The molecule has 0 saturated carbocycles. The van der Waals surface area contributed by atoms with Gasteiger partial charge in [-0.25, -0.2) is 0 Å². The molecule has 106 valence electrons. The molecule has 0 aliphatic carbocycles. The molecule has 0 spiro atoms. The molecule has 1 heterocycles. The van der Waals surface area contributed by atoms with Crippen LogP contribution in [-0.4, -0.2) is 30.6 Å². The molecular weight excluding hydrogens is 279 g/mol. The van der Waals surface area contributed by atoms with Gasteiger partial charge in [0.25, 0.3) is 0 Å². The minimum Gasteiger partial charge on any atom is -0.315 e. The number of nitrogens with zero attached hydrogens (tertiary/aromatic N) is 1. The Kier molecular flexibility index (Phi) is 5.96. The minimum atomic E-state index is 0.632. The van der Waals surface area contributed by atoms with Gasteiger partial charge in [-0.1, -0.05) is 36.2 Å². The molecule has 0 amide bonds. The van der Waals surface area contributed by atoms with Crippen molar-refractivity contribution in [3.05, 3.63) is 33.8 Å². The lowest BCUT2D eigenvalue weighted by molar-refractivity contribution is 0.239. The van der Waals surface area contributed by atoms with Crippen LogP contribution in [0.25, 0.3) is 0 Å². The Morgan fingerprint density at radius 1 is 1.32 bits per heavy atom. The van der Waals surface area contributed by atoms with E-state index >= 15 is 0 Å². The van der Waals surface area contributed by atoms with Gasteiger partial charge in [-0.2, -0.15) is 0 Å². The van der Waals surface area contributed by atoms with E-state index in [2.05, 4.69) is 23.2 Å². The van der Waals surface area contributed by atoms with Crippen molar-refractivity contribution in [2.24, 2.45) is 0 Å². The highest BCUT2D eigenvalue weighted by atomic mass is 35.5. The van der Waals surface area contributed by atoms with Crippen molar-refractivity contribution in [2.45, 2.75) is 38.8 Å². The van der Waals surface area contributed by atoms with Crippen LogP contribution in [0.4, 0.5) is 0 Å². The topological polar surface area (TPSA) is 15.3 Å². The van der Waals surface area contributed by atoms with Gasteiger partial charge >= 0.3 is 0 Å². The summed E-state index contributed by atoms with van der Waals surface area (Å²) in [5, 5.41) is 4.81. The molecule has 2 rings (SSSR count). The average Bonchev–Trinajstić information content (AvgIpc) is 2.82. The van der Waals surface area contributed by atoms with Crippen molar-refractivity contribution >= 4 is 23.2 Å². The Labute approximate surface area is 126 Å². The zero-order chi connectivity index (χ0) is 13.7. The van der Waals surface area contributed by atoms with Crippen molar-refractivity contribution in [1.82, 2.24) is 10.2 Å². The molecule has 0 aromatic heterocycles. The highest BCUT2D eigenvalue weighted by Gasteiger charge is 2.23. The molecule has 1 saturated heterocycles. The van der Waals surface area contributed by atoms with E-state index < -0.39 is 0 Å². The van der Waals surface area contributed by atoms with E-state index in [0.29, 0.717) is 16.1 Å². The molecule has 2 nitrogen and oxygen atoms in total. The first-order valence-electron chi connectivity index (χ1n) is 7.09.